The van der Waals surface area contributed by atoms with Gasteiger partial charge in [-0.05, 0) is 53.4 Å². The van der Waals surface area contributed by atoms with Crippen molar-refractivity contribution < 1.29 is 4.79 Å². The van der Waals surface area contributed by atoms with Crippen LogP contribution in [0, 0.1) is 0 Å². The van der Waals surface area contributed by atoms with Crippen LogP contribution in [0.3, 0.4) is 0 Å². The Bertz CT molecular complexity index is 1920. The fraction of sp³-hybridized carbons (Fsp3) is 0. The number of amides is 1. The largest absolute Gasteiger partial charge is 0.321 e. The van der Waals surface area contributed by atoms with Gasteiger partial charge in [-0.1, -0.05) is 30.3 Å². The minimum absolute atomic E-state index is 0.183. The lowest BCUT2D eigenvalue weighted by Crippen LogP contribution is -2.11. The number of aromatic nitrogens is 6. The lowest BCUT2D eigenvalue weighted by molar-refractivity contribution is 0.102. The zero-order chi connectivity index (χ0) is 25.5. The van der Waals surface area contributed by atoms with Crippen molar-refractivity contribution in [2.45, 2.75) is 0 Å². The highest BCUT2D eigenvalue weighted by Crippen LogP contribution is 2.34. The Labute approximate surface area is 220 Å². The molecule has 0 aliphatic rings. The van der Waals surface area contributed by atoms with E-state index in [1.807, 2.05) is 48.5 Å². The van der Waals surface area contributed by atoms with E-state index >= 15 is 0 Å². The Morgan fingerprint density at radius 3 is 2.71 bits per heavy atom. The quantitative estimate of drug-likeness (QED) is 0.242. The molecule has 0 bridgehead atoms. The van der Waals surface area contributed by atoms with E-state index in [0.717, 1.165) is 38.0 Å². The molecule has 0 atom stereocenters. The number of hydrogen-bond donors (Lipinski definition) is 3. The second-order valence-corrected chi connectivity index (χ2v) is 9.68. The van der Waals surface area contributed by atoms with Crippen LogP contribution in [0.5, 0.6) is 0 Å². The number of carbonyl (C=O) groups excluding carboxylic acids is 1. The Balaban J connectivity index is 1.25. The van der Waals surface area contributed by atoms with Gasteiger partial charge in [0.1, 0.15) is 11.2 Å². The average Bonchev–Trinajstić information content (AvgIpc) is 3.73. The minimum atomic E-state index is -0.183. The highest BCUT2D eigenvalue weighted by atomic mass is 32.1. The van der Waals surface area contributed by atoms with Crippen LogP contribution >= 0.6 is 11.3 Å². The summed E-state index contributed by atoms with van der Waals surface area (Å²) < 4.78 is 0. The van der Waals surface area contributed by atoms with E-state index in [-0.39, 0.29) is 5.91 Å². The summed E-state index contributed by atoms with van der Waals surface area (Å²) in [6.07, 6.45) is 5.20. The summed E-state index contributed by atoms with van der Waals surface area (Å²) in [4.78, 5) is 30.8. The molecule has 5 aromatic heterocycles. The lowest BCUT2D eigenvalue weighted by atomic mass is 10.0. The summed E-state index contributed by atoms with van der Waals surface area (Å²) in [6, 6.07) is 23.1. The Kier molecular flexibility index (Phi) is 5.26. The van der Waals surface area contributed by atoms with E-state index < -0.39 is 0 Å². The van der Waals surface area contributed by atoms with Gasteiger partial charge in [-0.2, -0.15) is 5.10 Å². The van der Waals surface area contributed by atoms with Gasteiger partial charge in [-0.15, -0.1) is 11.3 Å². The highest BCUT2D eigenvalue weighted by molar-refractivity contribution is 7.13. The third kappa shape index (κ3) is 3.91. The van der Waals surface area contributed by atoms with Gasteiger partial charge in [0, 0.05) is 39.3 Å². The first-order valence-electron chi connectivity index (χ1n) is 11.9. The molecule has 7 aromatic rings. The van der Waals surface area contributed by atoms with Crippen LogP contribution in [0.25, 0.3) is 55.2 Å². The molecular formula is C29H19N7OS. The molecule has 0 saturated carbocycles. The van der Waals surface area contributed by atoms with Gasteiger partial charge in [-0.3, -0.25) is 14.9 Å². The summed E-state index contributed by atoms with van der Waals surface area (Å²) in [6.45, 7) is 0. The smallest absolute Gasteiger partial charge is 0.255 e. The summed E-state index contributed by atoms with van der Waals surface area (Å²) in [5.74, 6) is 0.458. The van der Waals surface area contributed by atoms with Crippen molar-refractivity contribution in [1.29, 1.82) is 0 Å². The molecule has 3 N–H and O–H groups in total. The van der Waals surface area contributed by atoms with Crippen LogP contribution in [0.1, 0.15) is 10.4 Å². The Hall–Kier alpha value is -5.15. The molecule has 0 saturated heterocycles. The van der Waals surface area contributed by atoms with Crippen LogP contribution in [0.15, 0.2) is 96.8 Å². The average molecular weight is 514 g/mol. The number of rotatable bonds is 5. The second kappa shape index (κ2) is 9.06. The number of carbonyl (C=O) groups is 1. The predicted octanol–water partition coefficient (Wildman–Crippen LogP) is 6.54. The molecule has 8 nitrogen and oxygen atoms in total. The molecule has 0 unspecified atom stereocenters. The van der Waals surface area contributed by atoms with Crippen molar-refractivity contribution in [3.8, 4) is 33.1 Å². The maximum Gasteiger partial charge on any atom is 0.255 e. The van der Waals surface area contributed by atoms with Gasteiger partial charge >= 0.3 is 0 Å². The molecule has 0 aliphatic heterocycles. The summed E-state index contributed by atoms with van der Waals surface area (Å²) in [7, 11) is 0. The van der Waals surface area contributed by atoms with Gasteiger partial charge in [0.05, 0.1) is 17.4 Å². The fourth-order valence-corrected chi connectivity index (χ4v) is 5.24. The number of nitrogens with one attached hydrogen (secondary N) is 3. The summed E-state index contributed by atoms with van der Waals surface area (Å²) in [5, 5.41) is 13.6. The molecule has 1 amide bonds. The standard InChI is InChI=1S/C29H19N7OS/c37-29(17-5-2-1-3-6-17)32-20-13-19(15-30-16-20)18-8-9-23-22(14-18)26(36-35-23)28-33-25-21(24-7-4-12-38-24)10-11-31-27(25)34-28/h1-16H,(H,32,37)(H,35,36)(H,31,33,34). The third-order valence-corrected chi connectivity index (χ3v) is 7.23. The second-order valence-electron chi connectivity index (χ2n) is 8.73. The molecule has 0 aliphatic carbocycles. The van der Waals surface area contributed by atoms with E-state index in [2.05, 4.69) is 48.0 Å². The summed E-state index contributed by atoms with van der Waals surface area (Å²) in [5.41, 5.74) is 7.17. The maximum atomic E-state index is 12.6. The number of H-pyrrole nitrogens is 2. The van der Waals surface area contributed by atoms with Crippen molar-refractivity contribution >= 4 is 45.0 Å². The topological polar surface area (TPSA) is 112 Å². The molecule has 9 heteroatoms. The Morgan fingerprint density at radius 2 is 1.84 bits per heavy atom. The van der Waals surface area contributed by atoms with E-state index in [4.69, 9.17) is 4.98 Å². The predicted molar refractivity (Wildman–Crippen MR) is 150 cm³/mol. The monoisotopic (exact) mass is 513 g/mol. The first kappa shape index (κ1) is 22.1. The van der Waals surface area contributed by atoms with Crippen molar-refractivity contribution in [3.05, 3.63) is 102 Å². The van der Waals surface area contributed by atoms with E-state index in [0.29, 0.717) is 28.4 Å². The molecule has 0 spiro atoms. The minimum Gasteiger partial charge on any atom is -0.321 e. The number of hydrogen-bond acceptors (Lipinski definition) is 6. The van der Waals surface area contributed by atoms with Crippen molar-refractivity contribution in [2.24, 2.45) is 0 Å². The number of aromatic amines is 2. The Morgan fingerprint density at radius 1 is 0.921 bits per heavy atom. The SMILES string of the molecule is O=C(Nc1cncc(-c2ccc3[nH]nc(-c4nc5c(-c6cccs6)ccnc5[nH]4)c3c2)c1)c1ccccc1. The van der Waals surface area contributed by atoms with Crippen LogP contribution in [-0.2, 0) is 0 Å². The lowest BCUT2D eigenvalue weighted by Gasteiger charge is -2.08. The molecule has 2 aromatic carbocycles. The number of nitrogens with zero attached hydrogens (tertiary/aromatic N) is 4. The van der Waals surface area contributed by atoms with Crippen LogP contribution in [0.2, 0.25) is 0 Å². The third-order valence-electron chi connectivity index (χ3n) is 6.32. The normalized spacial score (nSPS) is 11.3. The van der Waals surface area contributed by atoms with E-state index in [1.165, 1.54) is 0 Å². The number of pyridine rings is 2. The molecule has 38 heavy (non-hydrogen) atoms. The first-order chi connectivity index (χ1) is 18.7. The zero-order valence-electron chi connectivity index (χ0n) is 19.8. The molecule has 182 valence electrons. The number of imidazole rings is 1. The molecule has 0 radical (unpaired) electrons. The van der Waals surface area contributed by atoms with Crippen molar-refractivity contribution in [3.63, 3.8) is 0 Å². The first-order valence-corrected chi connectivity index (χ1v) is 12.8. The van der Waals surface area contributed by atoms with E-state index in [9.17, 15) is 4.79 Å². The van der Waals surface area contributed by atoms with Crippen LogP contribution in [0.4, 0.5) is 5.69 Å². The maximum absolute atomic E-state index is 12.6. The van der Waals surface area contributed by atoms with Gasteiger partial charge in [0.15, 0.2) is 11.5 Å². The fourth-order valence-electron chi connectivity index (χ4n) is 4.49. The van der Waals surface area contributed by atoms with Crippen molar-refractivity contribution in [1.82, 2.24) is 30.1 Å². The number of fused-ring (bicyclic) bond motifs is 2. The number of anilines is 1. The van der Waals surface area contributed by atoms with Gasteiger partial charge < -0.3 is 10.3 Å². The number of thiophene rings is 1. The molecular weight excluding hydrogens is 494 g/mol. The van der Waals surface area contributed by atoms with Gasteiger partial charge in [-0.25, -0.2) is 9.97 Å². The highest BCUT2D eigenvalue weighted by Gasteiger charge is 2.17. The molecule has 7 rings (SSSR count). The van der Waals surface area contributed by atoms with Crippen LogP contribution < -0.4 is 5.32 Å². The van der Waals surface area contributed by atoms with Crippen molar-refractivity contribution in [2.75, 3.05) is 5.32 Å². The van der Waals surface area contributed by atoms with Gasteiger partial charge in [0.25, 0.3) is 5.91 Å². The zero-order valence-corrected chi connectivity index (χ0v) is 20.7. The molecule has 0 fully saturated rings. The number of benzene rings is 2. The van der Waals surface area contributed by atoms with Crippen LogP contribution in [-0.4, -0.2) is 36.0 Å². The molecule has 5 heterocycles. The van der Waals surface area contributed by atoms with Gasteiger partial charge in [0.2, 0.25) is 0 Å². The van der Waals surface area contributed by atoms with E-state index in [1.54, 1.807) is 42.1 Å². The summed E-state index contributed by atoms with van der Waals surface area (Å²) >= 11 is 1.67.